The van der Waals surface area contributed by atoms with Crippen LogP contribution in [0.3, 0.4) is 0 Å². The highest BCUT2D eigenvalue weighted by Gasteiger charge is 2.07. The Morgan fingerprint density at radius 1 is 1.36 bits per heavy atom. The number of rotatable bonds is 4. The molecule has 1 heterocycles. The van der Waals surface area contributed by atoms with Gasteiger partial charge in [0.1, 0.15) is 12.1 Å². The molecule has 0 amide bonds. The molecule has 0 spiro atoms. The highest BCUT2D eigenvalue weighted by Crippen LogP contribution is 2.15. The zero-order valence-corrected chi connectivity index (χ0v) is 9.24. The first-order valence-electron chi connectivity index (χ1n) is 4.65. The lowest BCUT2D eigenvalue weighted by atomic mass is 10.2. The molecule has 1 aromatic heterocycles. The molecule has 78 valence electrons. The van der Waals surface area contributed by atoms with Crippen LogP contribution in [0.25, 0.3) is 0 Å². The zero-order valence-electron chi connectivity index (χ0n) is 9.24. The van der Waals surface area contributed by atoms with Crippen LogP contribution in [0.1, 0.15) is 11.3 Å². The van der Waals surface area contributed by atoms with E-state index in [4.69, 9.17) is 4.74 Å². The maximum absolute atomic E-state index is 5.02. The first kappa shape index (κ1) is 10.9. The standard InChI is InChI=1S/C10H17N3O/c1-8-9(2)11-7-12-10(8)13(3)5-6-14-4/h7H,5-6H2,1-4H3. The highest BCUT2D eigenvalue weighted by molar-refractivity contribution is 5.46. The summed E-state index contributed by atoms with van der Waals surface area (Å²) < 4.78 is 5.02. The second-order valence-electron chi connectivity index (χ2n) is 3.32. The van der Waals surface area contributed by atoms with E-state index in [1.807, 2.05) is 20.9 Å². The SMILES string of the molecule is COCCN(C)c1ncnc(C)c1C. The molecule has 0 aliphatic heterocycles. The zero-order chi connectivity index (χ0) is 10.6. The summed E-state index contributed by atoms with van der Waals surface area (Å²) in [6.07, 6.45) is 1.60. The number of ether oxygens (including phenoxy) is 1. The fourth-order valence-corrected chi connectivity index (χ4v) is 1.24. The fraction of sp³-hybridized carbons (Fsp3) is 0.600. The van der Waals surface area contributed by atoms with Crippen molar-refractivity contribution in [2.75, 3.05) is 32.2 Å². The Bertz CT molecular complexity index is 301. The molecule has 0 atom stereocenters. The van der Waals surface area contributed by atoms with Gasteiger partial charge in [0.2, 0.25) is 0 Å². The van der Waals surface area contributed by atoms with E-state index < -0.39 is 0 Å². The van der Waals surface area contributed by atoms with Gasteiger partial charge in [0.15, 0.2) is 0 Å². The van der Waals surface area contributed by atoms with Gasteiger partial charge in [-0.25, -0.2) is 9.97 Å². The number of nitrogens with zero attached hydrogens (tertiary/aromatic N) is 3. The van der Waals surface area contributed by atoms with Crippen molar-refractivity contribution in [2.45, 2.75) is 13.8 Å². The van der Waals surface area contributed by atoms with E-state index >= 15 is 0 Å². The monoisotopic (exact) mass is 195 g/mol. The third-order valence-electron chi connectivity index (χ3n) is 2.30. The third-order valence-corrected chi connectivity index (χ3v) is 2.30. The van der Waals surface area contributed by atoms with Gasteiger partial charge in [-0.3, -0.25) is 0 Å². The van der Waals surface area contributed by atoms with Crippen molar-refractivity contribution in [3.05, 3.63) is 17.6 Å². The summed E-state index contributed by atoms with van der Waals surface area (Å²) in [5, 5.41) is 0. The largest absolute Gasteiger partial charge is 0.383 e. The first-order valence-corrected chi connectivity index (χ1v) is 4.65. The summed E-state index contributed by atoms with van der Waals surface area (Å²) in [5.74, 6) is 0.981. The molecule has 0 N–H and O–H groups in total. The molecule has 0 unspecified atom stereocenters. The van der Waals surface area contributed by atoms with Crippen LogP contribution in [0.2, 0.25) is 0 Å². The molecule has 0 bridgehead atoms. The summed E-state index contributed by atoms with van der Waals surface area (Å²) in [7, 11) is 3.71. The van der Waals surface area contributed by atoms with E-state index in [0.29, 0.717) is 6.61 Å². The van der Waals surface area contributed by atoms with Crippen LogP contribution in [0.4, 0.5) is 5.82 Å². The second kappa shape index (κ2) is 4.91. The molecule has 14 heavy (non-hydrogen) atoms. The molecule has 0 saturated heterocycles. The van der Waals surface area contributed by atoms with Gasteiger partial charge in [-0.15, -0.1) is 0 Å². The molecule has 4 nitrogen and oxygen atoms in total. The minimum absolute atomic E-state index is 0.707. The van der Waals surface area contributed by atoms with Gasteiger partial charge in [0.05, 0.1) is 6.61 Å². The Morgan fingerprint density at radius 3 is 2.71 bits per heavy atom. The van der Waals surface area contributed by atoms with E-state index in [2.05, 4.69) is 14.9 Å². The van der Waals surface area contributed by atoms with Gasteiger partial charge >= 0.3 is 0 Å². The molecular weight excluding hydrogens is 178 g/mol. The third kappa shape index (κ3) is 2.42. The topological polar surface area (TPSA) is 38.2 Å². The predicted molar refractivity (Wildman–Crippen MR) is 56.7 cm³/mol. The van der Waals surface area contributed by atoms with E-state index in [1.54, 1.807) is 13.4 Å². The van der Waals surface area contributed by atoms with Crippen LogP contribution < -0.4 is 4.90 Å². The van der Waals surface area contributed by atoms with Crippen LogP contribution in [0.15, 0.2) is 6.33 Å². The molecule has 0 fully saturated rings. The van der Waals surface area contributed by atoms with Crippen LogP contribution in [-0.4, -0.2) is 37.3 Å². The number of hydrogen-bond donors (Lipinski definition) is 0. The maximum atomic E-state index is 5.02. The number of methoxy groups -OCH3 is 1. The predicted octanol–water partition coefficient (Wildman–Crippen LogP) is 1.18. The van der Waals surface area contributed by atoms with Gasteiger partial charge in [0, 0.05) is 32.0 Å². The lowest BCUT2D eigenvalue weighted by Gasteiger charge is -2.19. The summed E-state index contributed by atoms with van der Waals surface area (Å²) in [6.45, 7) is 5.57. The Morgan fingerprint density at radius 2 is 2.07 bits per heavy atom. The lowest BCUT2D eigenvalue weighted by molar-refractivity contribution is 0.206. The van der Waals surface area contributed by atoms with E-state index in [9.17, 15) is 0 Å². The quantitative estimate of drug-likeness (QED) is 0.723. The molecule has 1 rings (SSSR count). The van der Waals surface area contributed by atoms with Gasteiger partial charge in [-0.2, -0.15) is 0 Å². The minimum atomic E-state index is 0.707. The average Bonchev–Trinajstić information content (AvgIpc) is 2.18. The molecule has 0 radical (unpaired) electrons. The molecule has 0 aliphatic rings. The van der Waals surface area contributed by atoms with Crippen LogP contribution >= 0.6 is 0 Å². The number of likely N-dealkylation sites (N-methyl/N-ethyl adjacent to an activating group) is 1. The summed E-state index contributed by atoms with van der Waals surface area (Å²) in [6, 6.07) is 0. The van der Waals surface area contributed by atoms with Crippen LogP contribution in [0.5, 0.6) is 0 Å². The normalized spacial score (nSPS) is 10.3. The smallest absolute Gasteiger partial charge is 0.134 e. The maximum Gasteiger partial charge on any atom is 0.134 e. The van der Waals surface area contributed by atoms with Crippen molar-refractivity contribution >= 4 is 5.82 Å². The lowest BCUT2D eigenvalue weighted by Crippen LogP contribution is -2.24. The minimum Gasteiger partial charge on any atom is -0.383 e. The van der Waals surface area contributed by atoms with E-state index in [0.717, 1.165) is 23.6 Å². The Kier molecular flexibility index (Phi) is 3.83. The van der Waals surface area contributed by atoms with Gasteiger partial charge in [0.25, 0.3) is 0 Å². The molecule has 4 heteroatoms. The molecule has 0 aliphatic carbocycles. The van der Waals surface area contributed by atoms with E-state index in [-0.39, 0.29) is 0 Å². The summed E-state index contributed by atoms with van der Waals surface area (Å²) >= 11 is 0. The summed E-state index contributed by atoms with van der Waals surface area (Å²) in [5.41, 5.74) is 2.16. The van der Waals surface area contributed by atoms with Crippen LogP contribution in [0, 0.1) is 13.8 Å². The summed E-state index contributed by atoms with van der Waals surface area (Å²) in [4.78, 5) is 10.5. The van der Waals surface area contributed by atoms with Crippen molar-refractivity contribution in [2.24, 2.45) is 0 Å². The van der Waals surface area contributed by atoms with Crippen molar-refractivity contribution in [3.63, 3.8) is 0 Å². The Balaban J connectivity index is 2.79. The Hall–Kier alpha value is -1.16. The molecule has 0 saturated carbocycles. The van der Waals surface area contributed by atoms with Crippen molar-refractivity contribution in [1.29, 1.82) is 0 Å². The van der Waals surface area contributed by atoms with Crippen LogP contribution in [-0.2, 0) is 4.74 Å². The number of hydrogen-bond acceptors (Lipinski definition) is 4. The molecular formula is C10H17N3O. The van der Waals surface area contributed by atoms with E-state index in [1.165, 1.54) is 0 Å². The van der Waals surface area contributed by atoms with Gasteiger partial charge in [-0.1, -0.05) is 0 Å². The van der Waals surface area contributed by atoms with Crippen molar-refractivity contribution < 1.29 is 4.74 Å². The second-order valence-corrected chi connectivity index (χ2v) is 3.32. The number of aromatic nitrogens is 2. The first-order chi connectivity index (χ1) is 6.66. The highest BCUT2D eigenvalue weighted by atomic mass is 16.5. The number of aryl methyl sites for hydroxylation is 1. The Labute approximate surface area is 84.9 Å². The molecule has 0 aromatic carbocycles. The molecule has 1 aromatic rings. The average molecular weight is 195 g/mol. The number of anilines is 1. The fourth-order valence-electron chi connectivity index (χ4n) is 1.24. The van der Waals surface area contributed by atoms with Gasteiger partial charge in [-0.05, 0) is 13.8 Å². The van der Waals surface area contributed by atoms with Crippen molar-refractivity contribution in [3.8, 4) is 0 Å². The van der Waals surface area contributed by atoms with Gasteiger partial charge < -0.3 is 9.64 Å². The van der Waals surface area contributed by atoms with Crippen molar-refractivity contribution in [1.82, 2.24) is 9.97 Å².